The van der Waals surface area contributed by atoms with Gasteiger partial charge in [0.15, 0.2) is 11.5 Å². The van der Waals surface area contributed by atoms with Crippen LogP contribution >= 0.6 is 0 Å². The van der Waals surface area contributed by atoms with Gasteiger partial charge in [-0.25, -0.2) is 0 Å². The van der Waals surface area contributed by atoms with Gasteiger partial charge in [0.2, 0.25) is 0 Å². The number of benzene rings is 1. The van der Waals surface area contributed by atoms with Crippen LogP contribution in [0.1, 0.15) is 11.6 Å². The summed E-state index contributed by atoms with van der Waals surface area (Å²) in [6.45, 7) is 0. The van der Waals surface area contributed by atoms with Gasteiger partial charge in [0.05, 0.1) is 21.3 Å². The average molecular weight is 225 g/mol. The van der Waals surface area contributed by atoms with E-state index >= 15 is 0 Å². The molecule has 0 amide bonds. The van der Waals surface area contributed by atoms with Crippen molar-refractivity contribution in [2.45, 2.75) is 6.04 Å². The molecule has 0 aromatic heterocycles. The lowest BCUT2D eigenvalue weighted by molar-refractivity contribution is -0.142. The molecule has 0 radical (unpaired) electrons. The molecule has 1 unspecified atom stereocenters. The Hall–Kier alpha value is -1.75. The van der Waals surface area contributed by atoms with E-state index in [0.717, 1.165) is 0 Å². The third-order valence-electron chi connectivity index (χ3n) is 2.22. The van der Waals surface area contributed by atoms with Crippen molar-refractivity contribution in [3.8, 4) is 11.5 Å². The maximum Gasteiger partial charge on any atom is 0.327 e. The Morgan fingerprint density at radius 3 is 2.31 bits per heavy atom. The minimum absolute atomic E-state index is 0.493. The van der Waals surface area contributed by atoms with Gasteiger partial charge in [-0.1, -0.05) is 6.07 Å². The molecule has 1 aromatic rings. The Kier molecular flexibility index (Phi) is 4.13. The fourth-order valence-electron chi connectivity index (χ4n) is 1.31. The molecule has 0 aliphatic heterocycles. The highest BCUT2D eigenvalue weighted by atomic mass is 16.5. The normalized spacial score (nSPS) is 11.8. The van der Waals surface area contributed by atoms with Gasteiger partial charge in [-0.05, 0) is 17.7 Å². The number of esters is 1. The van der Waals surface area contributed by atoms with Gasteiger partial charge in [-0.3, -0.25) is 4.79 Å². The molecule has 0 heterocycles. The first-order valence-electron chi connectivity index (χ1n) is 4.69. The highest BCUT2D eigenvalue weighted by Gasteiger charge is 2.17. The first kappa shape index (κ1) is 12.3. The van der Waals surface area contributed by atoms with Crippen LogP contribution in [-0.2, 0) is 9.53 Å². The van der Waals surface area contributed by atoms with Crippen molar-refractivity contribution in [1.82, 2.24) is 0 Å². The zero-order valence-corrected chi connectivity index (χ0v) is 9.52. The monoisotopic (exact) mass is 225 g/mol. The van der Waals surface area contributed by atoms with E-state index in [4.69, 9.17) is 15.2 Å². The Morgan fingerprint density at radius 2 is 1.81 bits per heavy atom. The Balaban J connectivity index is 3.03. The van der Waals surface area contributed by atoms with Gasteiger partial charge in [0.25, 0.3) is 0 Å². The molecule has 2 N–H and O–H groups in total. The van der Waals surface area contributed by atoms with Gasteiger partial charge in [0.1, 0.15) is 6.04 Å². The number of carbonyl (C=O) groups is 1. The molecule has 0 bridgehead atoms. The second-order valence-corrected chi connectivity index (χ2v) is 3.12. The van der Waals surface area contributed by atoms with E-state index < -0.39 is 12.0 Å². The Labute approximate surface area is 94.1 Å². The second kappa shape index (κ2) is 5.37. The van der Waals surface area contributed by atoms with Crippen LogP contribution in [0.2, 0.25) is 0 Å². The Bertz CT molecular complexity index is 378. The number of hydrogen-bond donors (Lipinski definition) is 1. The molecule has 1 aromatic carbocycles. The summed E-state index contributed by atoms with van der Waals surface area (Å²) >= 11 is 0. The first-order valence-corrected chi connectivity index (χ1v) is 4.69. The predicted molar refractivity (Wildman–Crippen MR) is 58.5 cm³/mol. The van der Waals surface area contributed by atoms with E-state index in [1.807, 2.05) is 0 Å². The minimum atomic E-state index is -0.815. The second-order valence-electron chi connectivity index (χ2n) is 3.12. The zero-order valence-electron chi connectivity index (χ0n) is 9.52. The smallest absolute Gasteiger partial charge is 0.327 e. The highest BCUT2D eigenvalue weighted by molar-refractivity contribution is 5.77. The third-order valence-corrected chi connectivity index (χ3v) is 2.22. The quantitative estimate of drug-likeness (QED) is 0.770. The molecular weight excluding hydrogens is 210 g/mol. The molecule has 0 aliphatic carbocycles. The van der Waals surface area contributed by atoms with Gasteiger partial charge in [-0.15, -0.1) is 0 Å². The van der Waals surface area contributed by atoms with E-state index in [-0.39, 0.29) is 0 Å². The maximum atomic E-state index is 11.2. The van der Waals surface area contributed by atoms with Gasteiger partial charge >= 0.3 is 5.97 Å². The maximum absolute atomic E-state index is 11.2. The molecule has 1 atom stereocenters. The fourth-order valence-corrected chi connectivity index (χ4v) is 1.31. The molecule has 0 saturated carbocycles. The molecule has 5 heteroatoms. The van der Waals surface area contributed by atoms with E-state index in [0.29, 0.717) is 17.1 Å². The van der Waals surface area contributed by atoms with Crippen molar-refractivity contribution < 1.29 is 19.0 Å². The highest BCUT2D eigenvalue weighted by Crippen LogP contribution is 2.29. The molecule has 5 nitrogen and oxygen atoms in total. The first-order chi connectivity index (χ1) is 7.63. The van der Waals surface area contributed by atoms with Crippen molar-refractivity contribution in [1.29, 1.82) is 0 Å². The Morgan fingerprint density at radius 1 is 1.19 bits per heavy atom. The van der Waals surface area contributed by atoms with Crippen LogP contribution < -0.4 is 15.2 Å². The van der Waals surface area contributed by atoms with E-state index in [1.165, 1.54) is 21.3 Å². The van der Waals surface area contributed by atoms with Crippen molar-refractivity contribution in [2.24, 2.45) is 5.73 Å². The number of ether oxygens (including phenoxy) is 3. The summed E-state index contributed by atoms with van der Waals surface area (Å²) < 4.78 is 14.7. The number of methoxy groups -OCH3 is 3. The number of nitrogens with two attached hydrogens (primary N) is 1. The summed E-state index contributed by atoms with van der Waals surface area (Å²) in [5.74, 6) is 0.620. The summed E-state index contributed by atoms with van der Waals surface area (Å²) in [6.07, 6.45) is 0. The zero-order chi connectivity index (χ0) is 12.1. The molecule has 16 heavy (non-hydrogen) atoms. The molecule has 0 aliphatic rings. The van der Waals surface area contributed by atoms with Crippen molar-refractivity contribution in [3.63, 3.8) is 0 Å². The molecular formula is C11H15NO4. The van der Waals surface area contributed by atoms with Crippen LogP contribution in [-0.4, -0.2) is 27.3 Å². The van der Waals surface area contributed by atoms with Gasteiger partial charge < -0.3 is 19.9 Å². The summed E-state index contributed by atoms with van der Waals surface area (Å²) in [5.41, 5.74) is 6.31. The molecule has 0 spiro atoms. The number of rotatable bonds is 4. The van der Waals surface area contributed by atoms with Crippen LogP contribution in [0.15, 0.2) is 18.2 Å². The van der Waals surface area contributed by atoms with Crippen LogP contribution in [0, 0.1) is 0 Å². The minimum Gasteiger partial charge on any atom is -0.493 e. The summed E-state index contributed by atoms with van der Waals surface area (Å²) in [5, 5.41) is 0. The van der Waals surface area contributed by atoms with Crippen molar-refractivity contribution >= 4 is 5.97 Å². The lowest BCUT2D eigenvalue weighted by atomic mass is 10.1. The SMILES string of the molecule is COC(=O)C(N)c1ccc(OC)c(OC)c1. The number of carbonyl (C=O) groups excluding carboxylic acids is 1. The fraction of sp³-hybridized carbons (Fsp3) is 0.364. The van der Waals surface area contributed by atoms with Gasteiger partial charge in [-0.2, -0.15) is 0 Å². The van der Waals surface area contributed by atoms with Crippen LogP contribution in [0.25, 0.3) is 0 Å². The number of hydrogen-bond acceptors (Lipinski definition) is 5. The summed E-state index contributed by atoms with van der Waals surface area (Å²) in [6, 6.07) is 4.23. The topological polar surface area (TPSA) is 70.8 Å². The van der Waals surface area contributed by atoms with Crippen molar-refractivity contribution in [3.05, 3.63) is 23.8 Å². The molecule has 1 rings (SSSR count). The summed E-state index contributed by atoms with van der Waals surface area (Å²) in [4.78, 5) is 11.2. The lowest BCUT2D eigenvalue weighted by Gasteiger charge is -2.13. The predicted octanol–water partition coefficient (Wildman–Crippen LogP) is 0.877. The standard InChI is InChI=1S/C11H15NO4/c1-14-8-5-4-7(6-9(8)15-2)10(12)11(13)16-3/h4-6,10H,12H2,1-3H3. The summed E-state index contributed by atoms with van der Waals surface area (Å²) in [7, 11) is 4.35. The lowest BCUT2D eigenvalue weighted by Crippen LogP contribution is -2.22. The largest absolute Gasteiger partial charge is 0.493 e. The molecule has 0 saturated heterocycles. The van der Waals surface area contributed by atoms with E-state index in [1.54, 1.807) is 18.2 Å². The van der Waals surface area contributed by atoms with Crippen LogP contribution in [0.4, 0.5) is 0 Å². The van der Waals surface area contributed by atoms with Crippen LogP contribution in [0.5, 0.6) is 11.5 Å². The third kappa shape index (κ3) is 2.43. The van der Waals surface area contributed by atoms with E-state index in [2.05, 4.69) is 4.74 Å². The molecule has 88 valence electrons. The van der Waals surface area contributed by atoms with E-state index in [9.17, 15) is 4.79 Å². The van der Waals surface area contributed by atoms with Crippen molar-refractivity contribution in [2.75, 3.05) is 21.3 Å². The average Bonchev–Trinajstić information content (AvgIpc) is 2.35. The molecule has 0 fully saturated rings. The van der Waals surface area contributed by atoms with Gasteiger partial charge in [0, 0.05) is 0 Å². The van der Waals surface area contributed by atoms with Crippen LogP contribution in [0.3, 0.4) is 0 Å².